The standard InChI is InChI=1S/C23H20N2O2S/c1-2-26-22-13-16(11-20(14-24)23(25)28)8-10-21(22)27-15-17-7-9-18-5-3-4-6-19(18)12-17/h3-13H,2,15H2,1H3,(H2,25,28)/b20-11+. The molecule has 0 fully saturated rings. The summed E-state index contributed by atoms with van der Waals surface area (Å²) in [7, 11) is 0. The molecule has 0 aliphatic carbocycles. The molecule has 0 amide bonds. The van der Waals surface area contributed by atoms with Crippen molar-refractivity contribution in [1.29, 1.82) is 5.26 Å². The van der Waals surface area contributed by atoms with Gasteiger partial charge < -0.3 is 15.2 Å². The number of fused-ring (bicyclic) bond motifs is 1. The summed E-state index contributed by atoms with van der Waals surface area (Å²) in [5.74, 6) is 1.25. The van der Waals surface area contributed by atoms with Gasteiger partial charge in [-0.2, -0.15) is 5.26 Å². The first-order valence-electron chi connectivity index (χ1n) is 8.89. The first kappa shape index (κ1) is 19.4. The van der Waals surface area contributed by atoms with E-state index in [1.807, 2.05) is 43.3 Å². The fourth-order valence-corrected chi connectivity index (χ4v) is 2.92. The largest absolute Gasteiger partial charge is 0.490 e. The first-order valence-corrected chi connectivity index (χ1v) is 9.30. The van der Waals surface area contributed by atoms with Crippen LogP contribution in [0.4, 0.5) is 0 Å². The highest BCUT2D eigenvalue weighted by Gasteiger charge is 2.08. The van der Waals surface area contributed by atoms with Gasteiger partial charge in [0.1, 0.15) is 17.7 Å². The lowest BCUT2D eigenvalue weighted by atomic mass is 10.1. The van der Waals surface area contributed by atoms with Crippen LogP contribution in [-0.4, -0.2) is 11.6 Å². The van der Waals surface area contributed by atoms with Crippen LogP contribution in [0.25, 0.3) is 16.8 Å². The van der Waals surface area contributed by atoms with Gasteiger partial charge in [0.25, 0.3) is 0 Å². The summed E-state index contributed by atoms with van der Waals surface area (Å²) in [6, 6.07) is 22.0. The van der Waals surface area contributed by atoms with E-state index in [4.69, 9.17) is 32.7 Å². The van der Waals surface area contributed by atoms with Gasteiger partial charge in [0.05, 0.1) is 12.2 Å². The van der Waals surface area contributed by atoms with E-state index in [1.165, 1.54) is 10.8 Å². The molecule has 4 nitrogen and oxygen atoms in total. The minimum atomic E-state index is 0.0668. The molecule has 0 aromatic heterocycles. The van der Waals surface area contributed by atoms with E-state index in [0.29, 0.717) is 24.7 Å². The van der Waals surface area contributed by atoms with Crippen molar-refractivity contribution in [1.82, 2.24) is 0 Å². The predicted octanol–water partition coefficient (Wildman–Crippen LogP) is 5.01. The Bertz CT molecular complexity index is 1080. The molecule has 140 valence electrons. The number of nitrogens with two attached hydrogens (primary N) is 1. The van der Waals surface area contributed by atoms with Crippen LogP contribution in [0.5, 0.6) is 11.5 Å². The van der Waals surface area contributed by atoms with Gasteiger partial charge in [0, 0.05) is 0 Å². The Kier molecular flexibility index (Phi) is 6.25. The molecular formula is C23H20N2O2S. The van der Waals surface area contributed by atoms with Crippen LogP contribution < -0.4 is 15.2 Å². The summed E-state index contributed by atoms with van der Waals surface area (Å²) in [5, 5.41) is 11.5. The van der Waals surface area contributed by atoms with Crippen LogP contribution >= 0.6 is 12.2 Å². The molecule has 5 heteroatoms. The summed E-state index contributed by atoms with van der Waals surface area (Å²) in [4.78, 5) is 0.0668. The molecule has 0 heterocycles. The van der Waals surface area contributed by atoms with Crippen molar-refractivity contribution >= 4 is 34.1 Å². The zero-order valence-electron chi connectivity index (χ0n) is 15.5. The lowest BCUT2D eigenvalue weighted by Gasteiger charge is -2.13. The zero-order chi connectivity index (χ0) is 19.9. The van der Waals surface area contributed by atoms with Crippen molar-refractivity contribution in [2.24, 2.45) is 5.73 Å². The Hall–Kier alpha value is -3.36. The molecule has 3 aromatic carbocycles. The number of rotatable bonds is 7. The van der Waals surface area contributed by atoms with Crippen LogP contribution in [0.3, 0.4) is 0 Å². The van der Waals surface area contributed by atoms with Crippen molar-refractivity contribution in [3.05, 3.63) is 77.4 Å². The minimum Gasteiger partial charge on any atom is -0.490 e. The van der Waals surface area contributed by atoms with E-state index in [2.05, 4.69) is 30.3 Å². The van der Waals surface area contributed by atoms with Gasteiger partial charge in [-0.15, -0.1) is 0 Å². The molecule has 2 N–H and O–H groups in total. The number of hydrogen-bond donors (Lipinski definition) is 1. The van der Waals surface area contributed by atoms with Gasteiger partial charge in [0.2, 0.25) is 0 Å². The third-order valence-electron chi connectivity index (χ3n) is 4.17. The maximum absolute atomic E-state index is 9.13. The molecule has 28 heavy (non-hydrogen) atoms. The highest BCUT2D eigenvalue weighted by atomic mass is 32.1. The minimum absolute atomic E-state index is 0.0668. The topological polar surface area (TPSA) is 68.3 Å². The van der Waals surface area contributed by atoms with Crippen LogP contribution in [0.2, 0.25) is 0 Å². The second kappa shape index (κ2) is 9.03. The van der Waals surface area contributed by atoms with Gasteiger partial charge in [-0.3, -0.25) is 0 Å². The molecule has 3 rings (SSSR count). The smallest absolute Gasteiger partial charge is 0.161 e. The Labute approximate surface area is 169 Å². The molecule has 3 aromatic rings. The molecule has 0 bridgehead atoms. The molecule has 0 saturated heterocycles. The SMILES string of the molecule is CCOc1cc(/C=C(\C#N)C(N)=S)ccc1OCc1ccc2ccccc2c1. The lowest BCUT2D eigenvalue weighted by molar-refractivity contribution is 0.269. The van der Waals surface area contributed by atoms with E-state index in [1.54, 1.807) is 6.08 Å². The van der Waals surface area contributed by atoms with Gasteiger partial charge in [-0.1, -0.05) is 54.7 Å². The highest BCUT2D eigenvalue weighted by molar-refractivity contribution is 7.80. The number of nitriles is 1. The Morgan fingerprint density at radius 3 is 2.54 bits per heavy atom. The average Bonchev–Trinajstić information content (AvgIpc) is 2.71. The summed E-state index contributed by atoms with van der Waals surface area (Å²) in [6.07, 6.45) is 1.64. The maximum atomic E-state index is 9.13. The third-order valence-corrected chi connectivity index (χ3v) is 4.39. The van der Waals surface area contributed by atoms with E-state index >= 15 is 0 Å². The van der Waals surface area contributed by atoms with E-state index in [0.717, 1.165) is 11.1 Å². The van der Waals surface area contributed by atoms with Crippen LogP contribution in [0.1, 0.15) is 18.1 Å². The van der Waals surface area contributed by atoms with Crippen molar-refractivity contribution in [2.75, 3.05) is 6.61 Å². The summed E-state index contributed by atoms with van der Waals surface area (Å²) < 4.78 is 11.7. The summed E-state index contributed by atoms with van der Waals surface area (Å²) >= 11 is 4.89. The third kappa shape index (κ3) is 4.67. The van der Waals surface area contributed by atoms with Crippen molar-refractivity contribution in [3.8, 4) is 17.6 Å². The quantitative estimate of drug-likeness (QED) is 0.350. The Morgan fingerprint density at radius 1 is 1.04 bits per heavy atom. The second-order valence-corrected chi connectivity index (χ2v) is 6.58. The Balaban J connectivity index is 1.82. The van der Waals surface area contributed by atoms with Gasteiger partial charge in [0.15, 0.2) is 11.5 Å². The summed E-state index contributed by atoms with van der Waals surface area (Å²) in [6.45, 7) is 2.83. The molecule has 0 saturated carbocycles. The first-order chi connectivity index (χ1) is 13.6. The van der Waals surface area contributed by atoms with Crippen LogP contribution in [0, 0.1) is 11.3 Å². The van der Waals surface area contributed by atoms with Crippen LogP contribution in [-0.2, 0) is 6.61 Å². The maximum Gasteiger partial charge on any atom is 0.161 e. The molecule has 0 unspecified atom stereocenters. The summed E-state index contributed by atoms with van der Waals surface area (Å²) in [5.41, 5.74) is 7.65. The normalized spacial score (nSPS) is 11.1. The fourth-order valence-electron chi connectivity index (χ4n) is 2.82. The van der Waals surface area contributed by atoms with E-state index < -0.39 is 0 Å². The number of benzene rings is 3. The number of thiocarbonyl (C=S) groups is 1. The highest BCUT2D eigenvalue weighted by Crippen LogP contribution is 2.30. The fraction of sp³-hybridized carbons (Fsp3) is 0.130. The molecule has 0 atom stereocenters. The predicted molar refractivity (Wildman–Crippen MR) is 116 cm³/mol. The monoisotopic (exact) mass is 388 g/mol. The number of ether oxygens (including phenoxy) is 2. The van der Waals surface area contributed by atoms with E-state index in [-0.39, 0.29) is 10.6 Å². The zero-order valence-corrected chi connectivity index (χ0v) is 16.3. The molecule has 0 aliphatic rings. The molecule has 0 radical (unpaired) electrons. The molecule has 0 spiro atoms. The van der Waals surface area contributed by atoms with Crippen LogP contribution in [0.15, 0.2) is 66.2 Å². The number of nitrogens with zero attached hydrogens (tertiary/aromatic N) is 1. The van der Waals surface area contributed by atoms with Gasteiger partial charge in [-0.05, 0) is 53.1 Å². The molecular weight excluding hydrogens is 368 g/mol. The molecule has 0 aliphatic heterocycles. The number of hydrogen-bond acceptors (Lipinski definition) is 4. The van der Waals surface area contributed by atoms with Crippen molar-refractivity contribution < 1.29 is 9.47 Å². The average molecular weight is 388 g/mol. The second-order valence-electron chi connectivity index (χ2n) is 6.14. The Morgan fingerprint density at radius 2 is 1.82 bits per heavy atom. The van der Waals surface area contributed by atoms with E-state index in [9.17, 15) is 0 Å². The van der Waals surface area contributed by atoms with Gasteiger partial charge >= 0.3 is 0 Å². The van der Waals surface area contributed by atoms with Crippen molar-refractivity contribution in [2.45, 2.75) is 13.5 Å². The lowest BCUT2D eigenvalue weighted by Crippen LogP contribution is -2.09. The van der Waals surface area contributed by atoms with Gasteiger partial charge in [-0.25, -0.2) is 0 Å². The van der Waals surface area contributed by atoms with Crippen molar-refractivity contribution in [3.63, 3.8) is 0 Å².